The molecule has 130 valence electrons. The lowest BCUT2D eigenvalue weighted by Crippen LogP contribution is -2.22. The molecule has 0 aliphatic carbocycles. The van der Waals surface area contributed by atoms with Crippen LogP contribution in [0.2, 0.25) is 0 Å². The number of rotatable bonds is 4. The SMILES string of the molecule is Cc1cc(C)c(N2CCCC2)c(C)c1NC(=O)c1ccccc1C=O. The molecule has 1 heterocycles. The van der Waals surface area contributed by atoms with Gasteiger partial charge in [0.25, 0.3) is 5.91 Å². The molecule has 1 aliphatic heterocycles. The van der Waals surface area contributed by atoms with Gasteiger partial charge in [-0.25, -0.2) is 0 Å². The molecule has 1 fully saturated rings. The van der Waals surface area contributed by atoms with Crippen molar-refractivity contribution in [1.29, 1.82) is 0 Å². The molecule has 4 nitrogen and oxygen atoms in total. The molecule has 1 amide bonds. The first-order valence-electron chi connectivity index (χ1n) is 8.74. The standard InChI is InChI=1S/C21H24N2O2/c1-14-12-15(2)20(23-10-6-7-11-23)16(3)19(14)22-21(25)18-9-5-4-8-17(18)13-24/h4-5,8-9,12-13H,6-7,10-11H2,1-3H3,(H,22,25). The minimum atomic E-state index is -0.245. The maximum atomic E-state index is 12.7. The monoisotopic (exact) mass is 336 g/mol. The number of anilines is 2. The van der Waals surface area contributed by atoms with Crippen LogP contribution in [0.15, 0.2) is 30.3 Å². The van der Waals surface area contributed by atoms with Crippen molar-refractivity contribution in [1.82, 2.24) is 0 Å². The predicted octanol–water partition coefficient (Wildman–Crippen LogP) is 4.28. The summed E-state index contributed by atoms with van der Waals surface area (Å²) in [6.45, 7) is 8.32. The van der Waals surface area contributed by atoms with Crippen LogP contribution < -0.4 is 10.2 Å². The minimum absolute atomic E-state index is 0.245. The van der Waals surface area contributed by atoms with E-state index in [0.717, 1.165) is 36.2 Å². The van der Waals surface area contributed by atoms with Gasteiger partial charge in [0, 0.05) is 30.0 Å². The average Bonchev–Trinajstić information content (AvgIpc) is 3.12. The summed E-state index contributed by atoms with van der Waals surface area (Å²) in [4.78, 5) is 26.3. The molecule has 4 heteroatoms. The van der Waals surface area contributed by atoms with E-state index < -0.39 is 0 Å². The Hall–Kier alpha value is -2.62. The largest absolute Gasteiger partial charge is 0.371 e. The third kappa shape index (κ3) is 3.29. The molecule has 0 radical (unpaired) electrons. The van der Waals surface area contributed by atoms with Crippen molar-refractivity contribution in [2.45, 2.75) is 33.6 Å². The minimum Gasteiger partial charge on any atom is -0.371 e. The van der Waals surface area contributed by atoms with E-state index in [9.17, 15) is 9.59 Å². The molecule has 0 aromatic heterocycles. The van der Waals surface area contributed by atoms with E-state index in [-0.39, 0.29) is 5.91 Å². The zero-order chi connectivity index (χ0) is 18.0. The molecule has 1 saturated heterocycles. The van der Waals surface area contributed by atoms with Crippen LogP contribution in [-0.2, 0) is 0 Å². The van der Waals surface area contributed by atoms with Crippen molar-refractivity contribution < 1.29 is 9.59 Å². The molecule has 0 atom stereocenters. The zero-order valence-electron chi connectivity index (χ0n) is 15.1. The van der Waals surface area contributed by atoms with Crippen molar-refractivity contribution in [3.05, 3.63) is 58.1 Å². The predicted molar refractivity (Wildman–Crippen MR) is 102 cm³/mol. The quantitative estimate of drug-likeness (QED) is 0.848. The number of aryl methyl sites for hydroxylation is 2. The van der Waals surface area contributed by atoms with Gasteiger partial charge in [-0.1, -0.05) is 24.3 Å². The Bertz CT molecular complexity index is 821. The molecule has 25 heavy (non-hydrogen) atoms. The van der Waals surface area contributed by atoms with Crippen molar-refractivity contribution >= 4 is 23.6 Å². The number of carbonyl (C=O) groups excluding carboxylic acids is 2. The fourth-order valence-electron chi connectivity index (χ4n) is 3.78. The van der Waals surface area contributed by atoms with Gasteiger partial charge in [0.1, 0.15) is 0 Å². The Morgan fingerprint density at radius 2 is 1.76 bits per heavy atom. The zero-order valence-corrected chi connectivity index (χ0v) is 15.1. The van der Waals surface area contributed by atoms with Crippen molar-refractivity contribution in [2.24, 2.45) is 0 Å². The number of hydrogen-bond acceptors (Lipinski definition) is 3. The number of aldehydes is 1. The van der Waals surface area contributed by atoms with Crippen LogP contribution >= 0.6 is 0 Å². The highest BCUT2D eigenvalue weighted by Gasteiger charge is 2.21. The molecular formula is C21H24N2O2. The molecule has 1 aliphatic rings. The number of nitrogens with zero attached hydrogens (tertiary/aromatic N) is 1. The van der Waals surface area contributed by atoms with Crippen LogP contribution in [0.1, 0.15) is 50.2 Å². The van der Waals surface area contributed by atoms with Crippen LogP contribution in [0.25, 0.3) is 0 Å². The summed E-state index contributed by atoms with van der Waals surface area (Å²) in [6.07, 6.45) is 3.14. The van der Waals surface area contributed by atoms with Crippen LogP contribution in [0.4, 0.5) is 11.4 Å². The number of benzene rings is 2. The van der Waals surface area contributed by atoms with Gasteiger partial charge in [0.05, 0.1) is 5.56 Å². The summed E-state index contributed by atoms with van der Waals surface area (Å²) < 4.78 is 0. The first-order chi connectivity index (χ1) is 12.0. The Morgan fingerprint density at radius 1 is 1.08 bits per heavy atom. The highest BCUT2D eigenvalue weighted by Crippen LogP contribution is 2.35. The van der Waals surface area contributed by atoms with E-state index in [1.165, 1.54) is 24.1 Å². The third-order valence-electron chi connectivity index (χ3n) is 4.92. The number of carbonyl (C=O) groups is 2. The van der Waals surface area contributed by atoms with E-state index in [4.69, 9.17) is 0 Å². The van der Waals surface area contributed by atoms with Gasteiger partial charge in [-0.15, -0.1) is 0 Å². The molecule has 1 N–H and O–H groups in total. The maximum Gasteiger partial charge on any atom is 0.256 e. The van der Waals surface area contributed by atoms with E-state index >= 15 is 0 Å². The summed E-state index contributed by atoms with van der Waals surface area (Å²) in [5.41, 5.74) is 6.25. The third-order valence-corrected chi connectivity index (χ3v) is 4.92. The summed E-state index contributed by atoms with van der Waals surface area (Å²) in [7, 11) is 0. The van der Waals surface area contributed by atoms with Gasteiger partial charge >= 0.3 is 0 Å². The summed E-state index contributed by atoms with van der Waals surface area (Å²) >= 11 is 0. The van der Waals surface area contributed by atoms with E-state index in [1.54, 1.807) is 24.3 Å². The van der Waals surface area contributed by atoms with Gasteiger partial charge in [-0.2, -0.15) is 0 Å². The van der Waals surface area contributed by atoms with Crippen molar-refractivity contribution in [2.75, 3.05) is 23.3 Å². The number of hydrogen-bond donors (Lipinski definition) is 1. The van der Waals surface area contributed by atoms with Gasteiger partial charge in [0.15, 0.2) is 6.29 Å². The molecule has 0 bridgehead atoms. The van der Waals surface area contributed by atoms with Gasteiger partial charge < -0.3 is 10.2 Å². The first kappa shape index (κ1) is 17.2. The van der Waals surface area contributed by atoms with Crippen LogP contribution in [0, 0.1) is 20.8 Å². The Balaban J connectivity index is 1.98. The van der Waals surface area contributed by atoms with Crippen molar-refractivity contribution in [3.63, 3.8) is 0 Å². The Morgan fingerprint density at radius 3 is 2.44 bits per heavy atom. The van der Waals surface area contributed by atoms with Gasteiger partial charge in [-0.3, -0.25) is 9.59 Å². The highest BCUT2D eigenvalue weighted by molar-refractivity contribution is 6.09. The average molecular weight is 336 g/mol. The lowest BCUT2D eigenvalue weighted by atomic mass is 10.00. The normalized spacial score (nSPS) is 13.8. The second kappa shape index (κ2) is 7.09. The van der Waals surface area contributed by atoms with Crippen LogP contribution in [0.3, 0.4) is 0 Å². The lowest BCUT2D eigenvalue weighted by molar-refractivity contribution is 0.101. The fraction of sp³-hybridized carbons (Fsp3) is 0.333. The van der Waals surface area contributed by atoms with E-state index in [1.807, 2.05) is 6.92 Å². The van der Waals surface area contributed by atoms with E-state index in [2.05, 4.69) is 30.1 Å². The molecule has 3 rings (SSSR count). The molecule has 2 aromatic carbocycles. The van der Waals surface area contributed by atoms with Gasteiger partial charge in [0.2, 0.25) is 0 Å². The van der Waals surface area contributed by atoms with E-state index in [0.29, 0.717) is 11.1 Å². The highest BCUT2D eigenvalue weighted by atomic mass is 16.1. The second-order valence-corrected chi connectivity index (χ2v) is 6.71. The number of amides is 1. The topological polar surface area (TPSA) is 49.4 Å². The van der Waals surface area contributed by atoms with Gasteiger partial charge in [-0.05, 0) is 56.4 Å². The molecule has 2 aromatic rings. The summed E-state index contributed by atoms with van der Waals surface area (Å²) in [6, 6.07) is 8.99. The van der Waals surface area contributed by atoms with Crippen molar-refractivity contribution in [3.8, 4) is 0 Å². The number of nitrogens with one attached hydrogen (secondary N) is 1. The second-order valence-electron chi connectivity index (χ2n) is 6.71. The molecule has 0 saturated carbocycles. The molecule has 0 spiro atoms. The Kier molecular flexibility index (Phi) is 4.88. The van der Waals surface area contributed by atoms with Crippen LogP contribution in [-0.4, -0.2) is 25.3 Å². The lowest BCUT2D eigenvalue weighted by Gasteiger charge is -2.26. The Labute approximate surface area is 148 Å². The summed E-state index contributed by atoms with van der Waals surface area (Å²) in [5.74, 6) is -0.245. The molecule has 0 unspecified atom stereocenters. The fourth-order valence-corrected chi connectivity index (χ4v) is 3.78. The molecular weight excluding hydrogens is 312 g/mol. The summed E-state index contributed by atoms with van der Waals surface area (Å²) in [5, 5.41) is 3.04. The maximum absolute atomic E-state index is 12.7. The first-order valence-corrected chi connectivity index (χ1v) is 8.74. The van der Waals surface area contributed by atoms with Crippen LogP contribution in [0.5, 0.6) is 0 Å². The smallest absolute Gasteiger partial charge is 0.256 e.